The van der Waals surface area contributed by atoms with Crippen LogP contribution in [0, 0.1) is 11.6 Å². The maximum absolute atomic E-state index is 13.6. The van der Waals surface area contributed by atoms with E-state index in [4.69, 9.17) is 0 Å². The van der Waals surface area contributed by atoms with Crippen molar-refractivity contribution in [3.8, 4) is 0 Å². The van der Waals surface area contributed by atoms with Gasteiger partial charge >= 0.3 is 0 Å². The number of hydrogen-bond acceptors (Lipinski definition) is 3. The Balaban J connectivity index is 1.54. The third kappa shape index (κ3) is 6.08. The van der Waals surface area contributed by atoms with Crippen molar-refractivity contribution in [2.45, 2.75) is 55.9 Å². The van der Waals surface area contributed by atoms with Gasteiger partial charge in [0.15, 0.2) is 0 Å². The summed E-state index contributed by atoms with van der Waals surface area (Å²) >= 11 is 0. The maximum Gasteiger partial charge on any atom is 0.240 e. The Morgan fingerprint density at radius 2 is 1.69 bits per heavy atom. The summed E-state index contributed by atoms with van der Waals surface area (Å²) in [5, 5.41) is 2.34. The predicted molar refractivity (Wildman–Crippen MR) is 107 cm³/mol. The standard InChI is InChI=1S/C21H24F2N2O3S/c22-16-9-12-19(23)20(14-16)24-21(26)13-8-15-6-10-18(11-7-15)29(27,28)25-17-4-2-1-3-5-17/h6-7,9-12,14,17,25H,1-5,8,13H2,(H,24,26). The van der Waals surface area contributed by atoms with Crippen molar-refractivity contribution in [3.05, 3.63) is 59.7 Å². The maximum atomic E-state index is 13.6. The van der Waals surface area contributed by atoms with Crippen LogP contribution < -0.4 is 10.0 Å². The summed E-state index contributed by atoms with van der Waals surface area (Å²) < 4.78 is 54.5. The molecule has 0 aliphatic heterocycles. The fourth-order valence-corrected chi connectivity index (χ4v) is 4.71. The highest BCUT2D eigenvalue weighted by molar-refractivity contribution is 7.89. The largest absolute Gasteiger partial charge is 0.324 e. The van der Waals surface area contributed by atoms with Crippen LogP contribution in [-0.4, -0.2) is 20.4 Å². The number of carbonyl (C=O) groups is 1. The van der Waals surface area contributed by atoms with Gasteiger partial charge in [-0.3, -0.25) is 4.79 Å². The van der Waals surface area contributed by atoms with Gasteiger partial charge in [-0.25, -0.2) is 21.9 Å². The summed E-state index contributed by atoms with van der Waals surface area (Å²) in [6, 6.07) is 9.19. The molecule has 0 heterocycles. The molecule has 1 amide bonds. The number of aryl methyl sites for hydroxylation is 1. The molecule has 5 nitrogen and oxygen atoms in total. The molecule has 3 rings (SSSR count). The monoisotopic (exact) mass is 422 g/mol. The minimum absolute atomic E-state index is 0.0136. The minimum atomic E-state index is -3.56. The van der Waals surface area contributed by atoms with E-state index in [0.717, 1.165) is 55.9 Å². The van der Waals surface area contributed by atoms with E-state index in [1.165, 1.54) is 12.1 Å². The topological polar surface area (TPSA) is 75.3 Å². The second kappa shape index (κ2) is 9.45. The third-order valence-corrected chi connectivity index (χ3v) is 6.54. The van der Waals surface area contributed by atoms with Gasteiger partial charge in [-0.2, -0.15) is 0 Å². The second-order valence-electron chi connectivity index (χ2n) is 7.27. The van der Waals surface area contributed by atoms with Crippen LogP contribution in [0.4, 0.5) is 14.5 Å². The van der Waals surface area contributed by atoms with Gasteiger partial charge in [-0.15, -0.1) is 0 Å². The van der Waals surface area contributed by atoms with E-state index in [1.54, 1.807) is 12.1 Å². The molecule has 1 aliphatic carbocycles. The first-order valence-electron chi connectivity index (χ1n) is 9.70. The third-order valence-electron chi connectivity index (χ3n) is 5.00. The van der Waals surface area contributed by atoms with Crippen LogP contribution >= 0.6 is 0 Å². The fourth-order valence-electron chi connectivity index (χ4n) is 3.41. The van der Waals surface area contributed by atoms with Crippen molar-refractivity contribution in [2.24, 2.45) is 0 Å². The summed E-state index contributed by atoms with van der Waals surface area (Å²) in [5.41, 5.74) is 0.571. The smallest absolute Gasteiger partial charge is 0.240 e. The Kier molecular flexibility index (Phi) is 6.97. The Morgan fingerprint density at radius 1 is 1.00 bits per heavy atom. The molecule has 1 saturated carbocycles. The second-order valence-corrected chi connectivity index (χ2v) is 8.99. The lowest BCUT2D eigenvalue weighted by atomic mass is 9.96. The highest BCUT2D eigenvalue weighted by Crippen LogP contribution is 2.20. The Bertz CT molecular complexity index is 956. The lowest BCUT2D eigenvalue weighted by molar-refractivity contribution is -0.116. The molecule has 0 bridgehead atoms. The highest BCUT2D eigenvalue weighted by Gasteiger charge is 2.21. The number of sulfonamides is 1. The molecule has 0 unspecified atom stereocenters. The fraction of sp³-hybridized carbons (Fsp3) is 0.381. The van der Waals surface area contributed by atoms with E-state index in [2.05, 4.69) is 10.0 Å². The molecule has 0 atom stereocenters. The molecular formula is C21H24F2N2O3S. The molecule has 0 radical (unpaired) electrons. The molecule has 0 aromatic heterocycles. The Labute approximate surface area is 169 Å². The van der Waals surface area contributed by atoms with E-state index < -0.39 is 27.6 Å². The zero-order valence-electron chi connectivity index (χ0n) is 16.0. The van der Waals surface area contributed by atoms with Gasteiger partial charge in [0, 0.05) is 18.5 Å². The van der Waals surface area contributed by atoms with Crippen molar-refractivity contribution in [2.75, 3.05) is 5.32 Å². The van der Waals surface area contributed by atoms with Crippen molar-refractivity contribution < 1.29 is 22.0 Å². The van der Waals surface area contributed by atoms with Crippen molar-refractivity contribution >= 4 is 21.6 Å². The van der Waals surface area contributed by atoms with Gasteiger partial charge in [0.05, 0.1) is 10.6 Å². The molecule has 0 spiro atoms. The molecular weight excluding hydrogens is 398 g/mol. The first-order valence-corrected chi connectivity index (χ1v) is 11.2. The number of nitrogens with one attached hydrogen (secondary N) is 2. The molecule has 2 N–H and O–H groups in total. The normalized spacial score (nSPS) is 15.2. The lowest BCUT2D eigenvalue weighted by Gasteiger charge is -2.22. The average Bonchev–Trinajstić information content (AvgIpc) is 2.70. The van der Waals surface area contributed by atoms with E-state index in [1.807, 2.05) is 0 Å². The molecule has 156 valence electrons. The summed E-state index contributed by atoms with van der Waals surface area (Å²) in [4.78, 5) is 12.2. The number of anilines is 1. The van der Waals surface area contributed by atoms with E-state index in [0.29, 0.717) is 6.42 Å². The first-order chi connectivity index (χ1) is 13.8. The van der Waals surface area contributed by atoms with Gasteiger partial charge in [-0.05, 0) is 49.1 Å². The zero-order chi connectivity index (χ0) is 20.9. The Morgan fingerprint density at radius 3 is 2.38 bits per heavy atom. The summed E-state index contributed by atoms with van der Waals surface area (Å²) in [5.74, 6) is -1.80. The van der Waals surface area contributed by atoms with E-state index >= 15 is 0 Å². The van der Waals surface area contributed by atoms with Gasteiger partial charge in [-0.1, -0.05) is 31.4 Å². The predicted octanol–water partition coefficient (Wildman–Crippen LogP) is 4.15. The van der Waals surface area contributed by atoms with Crippen molar-refractivity contribution in [3.63, 3.8) is 0 Å². The number of benzene rings is 2. The lowest BCUT2D eigenvalue weighted by Crippen LogP contribution is -2.36. The number of hydrogen-bond donors (Lipinski definition) is 2. The van der Waals surface area contributed by atoms with Crippen LogP contribution in [0.15, 0.2) is 47.4 Å². The molecule has 2 aromatic carbocycles. The SMILES string of the molecule is O=C(CCc1ccc(S(=O)(=O)NC2CCCCC2)cc1)Nc1cc(F)ccc1F. The van der Waals surface area contributed by atoms with Crippen LogP contribution in [-0.2, 0) is 21.2 Å². The van der Waals surface area contributed by atoms with Gasteiger partial charge in [0.2, 0.25) is 15.9 Å². The van der Waals surface area contributed by atoms with Gasteiger partial charge in [0.25, 0.3) is 0 Å². The number of rotatable bonds is 7. The molecule has 1 fully saturated rings. The van der Waals surface area contributed by atoms with Crippen molar-refractivity contribution in [1.29, 1.82) is 0 Å². The zero-order valence-corrected chi connectivity index (χ0v) is 16.8. The van der Waals surface area contributed by atoms with Gasteiger partial charge in [0.1, 0.15) is 11.6 Å². The summed E-state index contributed by atoms with van der Waals surface area (Å²) in [6.45, 7) is 0. The van der Waals surface area contributed by atoms with E-state index in [9.17, 15) is 22.0 Å². The van der Waals surface area contributed by atoms with Crippen LogP contribution in [0.5, 0.6) is 0 Å². The highest BCUT2D eigenvalue weighted by atomic mass is 32.2. The van der Waals surface area contributed by atoms with Crippen LogP contribution in [0.25, 0.3) is 0 Å². The first kappa shape index (κ1) is 21.4. The van der Waals surface area contributed by atoms with Crippen molar-refractivity contribution in [1.82, 2.24) is 4.72 Å². The molecule has 2 aromatic rings. The summed E-state index contributed by atoms with van der Waals surface area (Å²) in [7, 11) is -3.56. The molecule has 29 heavy (non-hydrogen) atoms. The van der Waals surface area contributed by atoms with Gasteiger partial charge < -0.3 is 5.32 Å². The van der Waals surface area contributed by atoms with Crippen LogP contribution in [0.1, 0.15) is 44.1 Å². The average molecular weight is 422 g/mol. The minimum Gasteiger partial charge on any atom is -0.324 e. The molecule has 1 aliphatic rings. The quantitative estimate of drug-likeness (QED) is 0.704. The summed E-state index contributed by atoms with van der Waals surface area (Å²) in [6.07, 6.45) is 5.34. The van der Waals surface area contributed by atoms with Crippen LogP contribution in [0.2, 0.25) is 0 Å². The number of amides is 1. The molecule has 8 heteroatoms. The molecule has 0 saturated heterocycles. The number of carbonyl (C=O) groups excluding carboxylic acids is 1. The Hall–Kier alpha value is -2.32. The van der Waals surface area contributed by atoms with Crippen LogP contribution in [0.3, 0.4) is 0 Å². The number of halogens is 2. The van der Waals surface area contributed by atoms with E-state index in [-0.39, 0.29) is 23.0 Å².